The molecule has 16 heavy (non-hydrogen) atoms. The van der Waals surface area contributed by atoms with Crippen molar-refractivity contribution < 1.29 is 23.4 Å². The number of aliphatic hydroxyl groups excluding tert-OH is 2. The van der Waals surface area contributed by atoms with Crippen molar-refractivity contribution in [1.29, 1.82) is 0 Å². The maximum Gasteiger partial charge on any atom is 0.415 e. The predicted molar refractivity (Wildman–Crippen MR) is 55.0 cm³/mol. The third-order valence-electron chi connectivity index (χ3n) is 2.66. The van der Waals surface area contributed by atoms with E-state index in [1.807, 2.05) is 13.8 Å². The molecule has 0 bridgehead atoms. The SMILES string of the molecule is CCC(CC)C(O)CNCC(O)C(F)(F)F. The second-order valence-electron chi connectivity index (χ2n) is 3.86. The summed E-state index contributed by atoms with van der Waals surface area (Å²) in [6.07, 6.45) is -6.09. The van der Waals surface area contributed by atoms with Crippen molar-refractivity contribution in [3.8, 4) is 0 Å². The average molecular weight is 243 g/mol. The van der Waals surface area contributed by atoms with Crippen LogP contribution in [0.1, 0.15) is 26.7 Å². The van der Waals surface area contributed by atoms with E-state index >= 15 is 0 Å². The smallest absolute Gasteiger partial charge is 0.392 e. The summed E-state index contributed by atoms with van der Waals surface area (Å²) >= 11 is 0. The monoisotopic (exact) mass is 243 g/mol. The summed E-state index contributed by atoms with van der Waals surface area (Å²) < 4.78 is 35.7. The van der Waals surface area contributed by atoms with Crippen molar-refractivity contribution in [2.45, 2.75) is 45.1 Å². The molecule has 0 aromatic rings. The fourth-order valence-electron chi connectivity index (χ4n) is 1.48. The number of hydrogen-bond acceptors (Lipinski definition) is 3. The number of alkyl halides is 3. The zero-order chi connectivity index (χ0) is 12.8. The molecular formula is C10H20F3NO2. The molecule has 6 heteroatoms. The highest BCUT2D eigenvalue weighted by Crippen LogP contribution is 2.19. The third-order valence-corrected chi connectivity index (χ3v) is 2.66. The van der Waals surface area contributed by atoms with E-state index in [4.69, 9.17) is 5.11 Å². The minimum absolute atomic E-state index is 0.0689. The summed E-state index contributed by atoms with van der Waals surface area (Å²) in [5.41, 5.74) is 0. The van der Waals surface area contributed by atoms with Crippen LogP contribution in [0, 0.1) is 5.92 Å². The lowest BCUT2D eigenvalue weighted by atomic mass is 9.96. The number of rotatable bonds is 7. The van der Waals surface area contributed by atoms with Crippen molar-refractivity contribution in [2.75, 3.05) is 13.1 Å². The summed E-state index contributed by atoms with van der Waals surface area (Å²) in [4.78, 5) is 0. The predicted octanol–water partition coefficient (Wildman–Crippen LogP) is 1.30. The topological polar surface area (TPSA) is 52.5 Å². The van der Waals surface area contributed by atoms with Crippen molar-refractivity contribution in [3.05, 3.63) is 0 Å². The molecule has 0 aromatic heterocycles. The molecule has 3 nitrogen and oxygen atoms in total. The Morgan fingerprint density at radius 2 is 1.56 bits per heavy atom. The Hall–Kier alpha value is -0.330. The van der Waals surface area contributed by atoms with Gasteiger partial charge in [0.25, 0.3) is 0 Å². The van der Waals surface area contributed by atoms with Crippen molar-refractivity contribution in [2.24, 2.45) is 5.92 Å². The van der Waals surface area contributed by atoms with E-state index < -0.39 is 24.9 Å². The van der Waals surface area contributed by atoms with Gasteiger partial charge in [0, 0.05) is 13.1 Å². The third kappa shape index (κ3) is 5.67. The molecule has 0 spiro atoms. The Labute approximate surface area is 93.7 Å². The van der Waals surface area contributed by atoms with Gasteiger partial charge in [-0.05, 0) is 5.92 Å². The van der Waals surface area contributed by atoms with Crippen molar-refractivity contribution in [1.82, 2.24) is 5.32 Å². The molecule has 2 unspecified atom stereocenters. The van der Waals surface area contributed by atoms with Gasteiger partial charge in [0.1, 0.15) is 0 Å². The second-order valence-corrected chi connectivity index (χ2v) is 3.86. The van der Waals surface area contributed by atoms with Gasteiger partial charge in [0.2, 0.25) is 0 Å². The van der Waals surface area contributed by atoms with Crippen LogP contribution in [0.15, 0.2) is 0 Å². The first-order chi connectivity index (χ1) is 7.32. The van der Waals surface area contributed by atoms with Gasteiger partial charge < -0.3 is 15.5 Å². The Bertz CT molecular complexity index is 183. The Morgan fingerprint density at radius 1 is 1.06 bits per heavy atom. The average Bonchev–Trinajstić information content (AvgIpc) is 2.18. The first kappa shape index (κ1) is 15.7. The number of aliphatic hydroxyl groups is 2. The first-order valence-electron chi connectivity index (χ1n) is 5.46. The van der Waals surface area contributed by atoms with Crippen LogP contribution in [0.2, 0.25) is 0 Å². The molecule has 0 aliphatic heterocycles. The lowest BCUT2D eigenvalue weighted by molar-refractivity contribution is -0.202. The van der Waals surface area contributed by atoms with Gasteiger partial charge in [-0.1, -0.05) is 26.7 Å². The van der Waals surface area contributed by atoms with E-state index in [0.717, 1.165) is 12.8 Å². The molecule has 0 saturated carbocycles. The summed E-state index contributed by atoms with van der Waals surface area (Å²) in [5, 5.41) is 20.7. The number of hydrogen-bond donors (Lipinski definition) is 3. The van der Waals surface area contributed by atoms with Crippen LogP contribution in [0.5, 0.6) is 0 Å². The van der Waals surface area contributed by atoms with E-state index in [0.29, 0.717) is 0 Å². The number of nitrogens with one attached hydrogen (secondary N) is 1. The van der Waals surface area contributed by atoms with Gasteiger partial charge in [0.05, 0.1) is 6.10 Å². The summed E-state index contributed by atoms with van der Waals surface area (Å²) in [7, 11) is 0. The molecule has 3 N–H and O–H groups in total. The van der Waals surface area contributed by atoms with Crippen LogP contribution in [-0.4, -0.2) is 41.7 Å². The molecule has 0 amide bonds. The molecule has 0 aromatic carbocycles. The van der Waals surface area contributed by atoms with Crippen molar-refractivity contribution >= 4 is 0 Å². The minimum atomic E-state index is -4.60. The Morgan fingerprint density at radius 3 is 1.94 bits per heavy atom. The molecule has 0 fully saturated rings. The highest BCUT2D eigenvalue weighted by atomic mass is 19.4. The van der Waals surface area contributed by atoms with Crippen LogP contribution in [-0.2, 0) is 0 Å². The van der Waals surface area contributed by atoms with Gasteiger partial charge in [-0.25, -0.2) is 0 Å². The molecule has 0 aliphatic rings. The van der Waals surface area contributed by atoms with Gasteiger partial charge in [-0.2, -0.15) is 13.2 Å². The highest BCUT2D eigenvalue weighted by Gasteiger charge is 2.37. The van der Waals surface area contributed by atoms with E-state index in [9.17, 15) is 18.3 Å². The van der Waals surface area contributed by atoms with Crippen LogP contribution >= 0.6 is 0 Å². The zero-order valence-electron chi connectivity index (χ0n) is 9.59. The normalized spacial score (nSPS) is 16.5. The first-order valence-corrected chi connectivity index (χ1v) is 5.46. The van der Waals surface area contributed by atoms with Crippen LogP contribution in [0.3, 0.4) is 0 Å². The highest BCUT2D eigenvalue weighted by molar-refractivity contribution is 4.72. The molecule has 2 atom stereocenters. The van der Waals surface area contributed by atoms with Gasteiger partial charge >= 0.3 is 6.18 Å². The molecule has 0 radical (unpaired) electrons. The summed E-state index contributed by atoms with van der Waals surface area (Å²) in [5.74, 6) is 0.0792. The van der Waals surface area contributed by atoms with E-state index in [-0.39, 0.29) is 12.5 Å². The quantitative estimate of drug-likeness (QED) is 0.631. The van der Waals surface area contributed by atoms with Gasteiger partial charge in [0.15, 0.2) is 6.10 Å². The molecule has 0 heterocycles. The van der Waals surface area contributed by atoms with E-state index in [1.165, 1.54) is 0 Å². The summed E-state index contributed by atoms with van der Waals surface area (Å²) in [6, 6.07) is 0. The van der Waals surface area contributed by atoms with Crippen LogP contribution < -0.4 is 5.32 Å². The lowest BCUT2D eigenvalue weighted by Gasteiger charge is -2.21. The van der Waals surface area contributed by atoms with E-state index in [1.54, 1.807) is 0 Å². The standard InChI is InChI=1S/C10H20F3NO2/c1-3-7(4-2)8(15)5-14-6-9(16)10(11,12)13/h7-9,14-16H,3-6H2,1-2H3. The largest absolute Gasteiger partial charge is 0.415 e. The number of halogens is 3. The molecule has 98 valence electrons. The van der Waals surface area contributed by atoms with Crippen LogP contribution in [0.25, 0.3) is 0 Å². The van der Waals surface area contributed by atoms with Gasteiger partial charge in [-0.15, -0.1) is 0 Å². The van der Waals surface area contributed by atoms with Gasteiger partial charge in [-0.3, -0.25) is 0 Å². The maximum absolute atomic E-state index is 11.9. The van der Waals surface area contributed by atoms with E-state index in [2.05, 4.69) is 5.32 Å². The lowest BCUT2D eigenvalue weighted by Crippen LogP contribution is -2.42. The van der Waals surface area contributed by atoms with Crippen LogP contribution in [0.4, 0.5) is 13.2 Å². The maximum atomic E-state index is 11.9. The van der Waals surface area contributed by atoms with Crippen molar-refractivity contribution in [3.63, 3.8) is 0 Å². The Balaban J connectivity index is 3.81. The fourth-order valence-corrected chi connectivity index (χ4v) is 1.48. The molecular weight excluding hydrogens is 223 g/mol. The minimum Gasteiger partial charge on any atom is -0.392 e. The zero-order valence-corrected chi connectivity index (χ0v) is 9.59. The molecule has 0 aliphatic carbocycles. The molecule has 0 rings (SSSR count). The fraction of sp³-hybridized carbons (Fsp3) is 1.00. The summed E-state index contributed by atoms with van der Waals surface area (Å²) in [6.45, 7) is 3.32. The second kappa shape index (κ2) is 7.09. The Kier molecular flexibility index (Phi) is 6.94. The molecule has 0 saturated heterocycles.